The lowest BCUT2D eigenvalue weighted by atomic mass is 10.2. The minimum absolute atomic E-state index is 0.456. The maximum absolute atomic E-state index is 10.00. The molecule has 0 aliphatic carbocycles. The van der Waals surface area contributed by atoms with Crippen LogP contribution in [0.3, 0.4) is 0 Å². The van der Waals surface area contributed by atoms with Crippen molar-refractivity contribution in [2.24, 2.45) is 5.18 Å². The monoisotopic (exact) mass is 199 g/mol. The van der Waals surface area contributed by atoms with Crippen molar-refractivity contribution in [3.63, 3.8) is 0 Å². The lowest BCUT2D eigenvalue weighted by Crippen LogP contribution is -1.72. The van der Waals surface area contributed by atoms with Gasteiger partial charge >= 0.3 is 0 Å². The number of halogens is 1. The Morgan fingerprint density at radius 2 is 2.20 bits per heavy atom. The Balaban J connectivity index is 3.16. The first-order chi connectivity index (χ1) is 4.74. The Hall–Kier alpha value is -0.700. The second kappa shape index (κ2) is 2.92. The van der Waals surface area contributed by atoms with Gasteiger partial charge in [0, 0.05) is 4.47 Å². The second-order valence-corrected chi connectivity index (χ2v) is 2.88. The number of nitroso groups, excluding NO2 is 1. The molecule has 1 aromatic rings. The summed E-state index contributed by atoms with van der Waals surface area (Å²) in [6.45, 7) is 1.96. The van der Waals surface area contributed by atoms with E-state index in [4.69, 9.17) is 0 Å². The molecule has 10 heavy (non-hydrogen) atoms. The van der Waals surface area contributed by atoms with Crippen LogP contribution in [0.2, 0.25) is 0 Å². The van der Waals surface area contributed by atoms with Crippen LogP contribution in [0.25, 0.3) is 0 Å². The van der Waals surface area contributed by atoms with Gasteiger partial charge < -0.3 is 0 Å². The topological polar surface area (TPSA) is 29.4 Å². The van der Waals surface area contributed by atoms with Crippen LogP contribution in [0.4, 0.5) is 5.69 Å². The van der Waals surface area contributed by atoms with Crippen molar-refractivity contribution in [1.82, 2.24) is 0 Å². The van der Waals surface area contributed by atoms with Crippen molar-refractivity contribution in [3.8, 4) is 0 Å². The standard InChI is InChI=1S/C7H6BrNO/c1-5-2-3-6(9-10)4-7(5)8/h2-4H,1H3. The molecule has 0 unspecified atom stereocenters. The van der Waals surface area contributed by atoms with E-state index in [1.165, 1.54) is 0 Å². The number of hydrogen-bond acceptors (Lipinski definition) is 2. The van der Waals surface area contributed by atoms with Crippen molar-refractivity contribution in [1.29, 1.82) is 0 Å². The van der Waals surface area contributed by atoms with E-state index in [2.05, 4.69) is 21.1 Å². The average molecular weight is 200 g/mol. The van der Waals surface area contributed by atoms with Gasteiger partial charge in [0.15, 0.2) is 0 Å². The summed E-state index contributed by atoms with van der Waals surface area (Å²) >= 11 is 3.29. The van der Waals surface area contributed by atoms with Crippen molar-refractivity contribution < 1.29 is 0 Å². The molecule has 0 amide bonds. The zero-order valence-corrected chi connectivity index (χ0v) is 7.05. The summed E-state index contributed by atoms with van der Waals surface area (Å²) < 4.78 is 0.921. The quantitative estimate of drug-likeness (QED) is 0.640. The number of rotatable bonds is 1. The summed E-state index contributed by atoms with van der Waals surface area (Å²) in [5.74, 6) is 0. The number of nitrogens with zero attached hydrogens (tertiary/aromatic N) is 1. The lowest BCUT2D eigenvalue weighted by Gasteiger charge is -1.95. The van der Waals surface area contributed by atoms with Crippen LogP contribution in [-0.4, -0.2) is 0 Å². The molecule has 0 saturated carbocycles. The van der Waals surface area contributed by atoms with Crippen LogP contribution in [0.1, 0.15) is 5.56 Å². The number of hydrogen-bond donors (Lipinski definition) is 0. The fraction of sp³-hybridized carbons (Fsp3) is 0.143. The van der Waals surface area contributed by atoms with E-state index in [9.17, 15) is 4.91 Å². The van der Waals surface area contributed by atoms with E-state index in [-0.39, 0.29) is 0 Å². The predicted molar refractivity (Wildman–Crippen MR) is 44.3 cm³/mol. The Kier molecular flexibility index (Phi) is 2.17. The summed E-state index contributed by atoms with van der Waals surface area (Å²) in [5, 5.41) is 2.79. The SMILES string of the molecule is Cc1ccc(N=O)cc1Br. The summed E-state index contributed by atoms with van der Waals surface area (Å²) in [7, 11) is 0. The van der Waals surface area contributed by atoms with Crippen LogP contribution < -0.4 is 0 Å². The van der Waals surface area contributed by atoms with Gasteiger partial charge in [-0.25, -0.2) is 0 Å². The van der Waals surface area contributed by atoms with E-state index in [1.54, 1.807) is 12.1 Å². The first-order valence-corrected chi connectivity index (χ1v) is 3.63. The fourth-order valence-corrected chi connectivity index (χ4v) is 1.01. The van der Waals surface area contributed by atoms with Gasteiger partial charge in [-0.15, -0.1) is 4.91 Å². The Labute approximate surface area is 67.4 Å². The van der Waals surface area contributed by atoms with Crippen LogP contribution in [-0.2, 0) is 0 Å². The van der Waals surface area contributed by atoms with E-state index in [0.717, 1.165) is 10.0 Å². The fourth-order valence-electron chi connectivity index (χ4n) is 0.639. The molecular formula is C7H6BrNO. The highest BCUT2D eigenvalue weighted by atomic mass is 79.9. The summed E-state index contributed by atoms with van der Waals surface area (Å²) in [6.07, 6.45) is 0. The van der Waals surface area contributed by atoms with Crippen molar-refractivity contribution in [2.75, 3.05) is 0 Å². The minimum Gasteiger partial charge on any atom is -0.145 e. The van der Waals surface area contributed by atoms with E-state index >= 15 is 0 Å². The van der Waals surface area contributed by atoms with Gasteiger partial charge in [0.05, 0.1) is 0 Å². The molecule has 0 aromatic heterocycles. The van der Waals surface area contributed by atoms with Gasteiger partial charge in [0.25, 0.3) is 0 Å². The molecule has 0 bridgehead atoms. The van der Waals surface area contributed by atoms with Crippen molar-refractivity contribution in [2.45, 2.75) is 6.92 Å². The molecule has 1 rings (SSSR count). The van der Waals surface area contributed by atoms with Crippen molar-refractivity contribution in [3.05, 3.63) is 33.1 Å². The van der Waals surface area contributed by atoms with Crippen LogP contribution in [0.15, 0.2) is 27.8 Å². The van der Waals surface area contributed by atoms with Gasteiger partial charge in [0.2, 0.25) is 0 Å². The molecule has 0 heterocycles. The summed E-state index contributed by atoms with van der Waals surface area (Å²) in [4.78, 5) is 10.00. The van der Waals surface area contributed by atoms with Gasteiger partial charge in [-0.1, -0.05) is 22.0 Å². The largest absolute Gasteiger partial charge is 0.145 e. The average Bonchev–Trinajstić information content (AvgIpc) is 1.95. The van der Waals surface area contributed by atoms with Gasteiger partial charge in [-0.3, -0.25) is 0 Å². The van der Waals surface area contributed by atoms with Crippen LogP contribution in [0.5, 0.6) is 0 Å². The molecule has 0 aliphatic heterocycles. The third kappa shape index (κ3) is 1.42. The Morgan fingerprint density at radius 1 is 1.50 bits per heavy atom. The first kappa shape index (κ1) is 7.41. The van der Waals surface area contributed by atoms with Crippen LogP contribution >= 0.6 is 15.9 Å². The van der Waals surface area contributed by atoms with Crippen LogP contribution in [0, 0.1) is 11.8 Å². The molecule has 0 aliphatic rings. The Bertz CT molecular complexity index is 260. The van der Waals surface area contributed by atoms with Crippen molar-refractivity contribution >= 4 is 21.6 Å². The molecule has 0 N–H and O–H groups in total. The zero-order valence-electron chi connectivity index (χ0n) is 5.47. The molecule has 0 fully saturated rings. The summed E-state index contributed by atoms with van der Waals surface area (Å²) in [5.41, 5.74) is 1.56. The molecule has 0 radical (unpaired) electrons. The molecule has 0 saturated heterocycles. The molecular weight excluding hydrogens is 194 g/mol. The third-order valence-corrected chi connectivity index (χ3v) is 2.12. The molecule has 0 atom stereocenters. The lowest BCUT2D eigenvalue weighted by molar-refractivity contribution is 1.39. The molecule has 1 aromatic carbocycles. The highest BCUT2D eigenvalue weighted by Gasteiger charge is 1.95. The van der Waals surface area contributed by atoms with Gasteiger partial charge in [-0.2, -0.15) is 0 Å². The minimum atomic E-state index is 0.456. The predicted octanol–water partition coefficient (Wildman–Crippen LogP) is 3.16. The highest BCUT2D eigenvalue weighted by molar-refractivity contribution is 9.10. The van der Waals surface area contributed by atoms with Gasteiger partial charge in [0.1, 0.15) is 5.69 Å². The Morgan fingerprint density at radius 3 is 2.70 bits per heavy atom. The smallest absolute Gasteiger partial charge is 0.109 e. The maximum atomic E-state index is 10.00. The zero-order chi connectivity index (χ0) is 7.56. The molecule has 52 valence electrons. The normalized spacial score (nSPS) is 9.40. The van der Waals surface area contributed by atoms with Gasteiger partial charge in [-0.05, 0) is 29.8 Å². The van der Waals surface area contributed by atoms with E-state index in [1.807, 2.05) is 13.0 Å². The molecule has 3 heteroatoms. The third-order valence-electron chi connectivity index (χ3n) is 1.26. The highest BCUT2D eigenvalue weighted by Crippen LogP contribution is 2.21. The van der Waals surface area contributed by atoms with E-state index in [0.29, 0.717) is 5.69 Å². The second-order valence-electron chi connectivity index (χ2n) is 2.02. The number of benzene rings is 1. The first-order valence-electron chi connectivity index (χ1n) is 2.83. The van der Waals surface area contributed by atoms with E-state index < -0.39 is 0 Å². The molecule has 2 nitrogen and oxygen atoms in total. The molecule has 0 spiro atoms. The maximum Gasteiger partial charge on any atom is 0.109 e. The number of aryl methyl sites for hydroxylation is 1. The summed E-state index contributed by atoms with van der Waals surface area (Å²) in [6, 6.07) is 5.23.